The molecule has 0 saturated carbocycles. The Kier molecular flexibility index (Phi) is 3.61. The molecule has 2 rings (SSSR count). The molecule has 1 aromatic carbocycles. The number of benzene rings is 1. The maximum atomic E-state index is 13.0. The van der Waals surface area contributed by atoms with Crippen molar-refractivity contribution in [2.75, 3.05) is 0 Å². The van der Waals surface area contributed by atoms with Crippen molar-refractivity contribution in [2.24, 2.45) is 0 Å². The van der Waals surface area contributed by atoms with Gasteiger partial charge in [0.2, 0.25) is 0 Å². The van der Waals surface area contributed by atoms with E-state index in [2.05, 4.69) is 5.10 Å². The molecule has 0 aliphatic rings. The highest BCUT2D eigenvalue weighted by Gasteiger charge is 2.24. The molecule has 0 fully saturated rings. The summed E-state index contributed by atoms with van der Waals surface area (Å²) >= 11 is 5.86. The lowest BCUT2D eigenvalue weighted by Gasteiger charge is -2.06. The fourth-order valence-electron chi connectivity index (χ4n) is 1.71. The Bertz CT molecular complexity index is 640. The van der Waals surface area contributed by atoms with Gasteiger partial charge in [-0.2, -0.15) is 5.10 Å². The van der Waals surface area contributed by atoms with Crippen molar-refractivity contribution >= 4 is 17.9 Å². The smallest absolute Gasteiger partial charge is 0.282 e. The number of alkyl halides is 2. The summed E-state index contributed by atoms with van der Waals surface area (Å²) in [6.07, 6.45) is -2.69. The van der Waals surface area contributed by atoms with E-state index >= 15 is 0 Å². The molecule has 100 valence electrons. The third-order valence-electron chi connectivity index (χ3n) is 2.60. The summed E-state index contributed by atoms with van der Waals surface area (Å²) in [5, 5.41) is 3.40. The third kappa shape index (κ3) is 2.35. The second-order valence-corrected chi connectivity index (χ2v) is 4.21. The minimum Gasteiger partial charge on any atom is -0.298 e. The Morgan fingerprint density at radius 2 is 2.11 bits per heavy atom. The van der Waals surface area contributed by atoms with E-state index < -0.39 is 17.9 Å². The van der Waals surface area contributed by atoms with Crippen LogP contribution in [0.5, 0.6) is 0 Å². The van der Waals surface area contributed by atoms with Gasteiger partial charge in [-0.05, 0) is 30.7 Å². The van der Waals surface area contributed by atoms with E-state index in [9.17, 15) is 18.0 Å². The Labute approximate surface area is 111 Å². The minimum atomic E-state index is -2.92. The second-order valence-electron chi connectivity index (χ2n) is 3.85. The van der Waals surface area contributed by atoms with Crippen LogP contribution in [0.25, 0.3) is 5.69 Å². The van der Waals surface area contributed by atoms with Gasteiger partial charge in [0.05, 0.1) is 11.3 Å². The van der Waals surface area contributed by atoms with E-state index in [1.165, 1.54) is 12.1 Å². The van der Waals surface area contributed by atoms with Crippen LogP contribution in [0.15, 0.2) is 18.2 Å². The summed E-state index contributed by atoms with van der Waals surface area (Å²) in [7, 11) is 0. The maximum Gasteiger partial charge on any atom is 0.282 e. The van der Waals surface area contributed by atoms with Gasteiger partial charge in [-0.1, -0.05) is 11.6 Å². The van der Waals surface area contributed by atoms with Crippen molar-refractivity contribution in [1.29, 1.82) is 0 Å². The van der Waals surface area contributed by atoms with Gasteiger partial charge in [-0.3, -0.25) is 4.79 Å². The Balaban J connectivity index is 2.66. The number of aldehydes is 1. The predicted molar refractivity (Wildman–Crippen MR) is 63.6 cm³/mol. The summed E-state index contributed by atoms with van der Waals surface area (Å²) in [5.41, 5.74) is -0.256. The topological polar surface area (TPSA) is 34.9 Å². The van der Waals surface area contributed by atoms with Crippen molar-refractivity contribution in [1.82, 2.24) is 9.78 Å². The molecule has 1 heterocycles. The molecule has 19 heavy (non-hydrogen) atoms. The van der Waals surface area contributed by atoms with Crippen LogP contribution in [-0.2, 0) is 0 Å². The van der Waals surface area contributed by atoms with Gasteiger partial charge >= 0.3 is 0 Å². The molecule has 0 N–H and O–H groups in total. The van der Waals surface area contributed by atoms with E-state index in [0.29, 0.717) is 11.3 Å². The normalized spacial score (nSPS) is 11.1. The number of nitrogens with zero attached hydrogens (tertiary/aromatic N) is 2. The molecule has 0 bridgehead atoms. The lowest BCUT2D eigenvalue weighted by Crippen LogP contribution is -2.00. The fraction of sp³-hybridized carbons (Fsp3) is 0.167. The number of carbonyl (C=O) groups is 1. The summed E-state index contributed by atoms with van der Waals surface area (Å²) in [4.78, 5) is 10.8. The van der Waals surface area contributed by atoms with Crippen LogP contribution in [0.2, 0.25) is 5.15 Å². The average Bonchev–Trinajstić information content (AvgIpc) is 2.66. The van der Waals surface area contributed by atoms with Crippen molar-refractivity contribution in [3.63, 3.8) is 0 Å². The first-order chi connectivity index (χ1) is 8.95. The van der Waals surface area contributed by atoms with E-state index in [-0.39, 0.29) is 17.0 Å². The molecule has 3 nitrogen and oxygen atoms in total. The molecule has 7 heteroatoms. The molecule has 1 aromatic heterocycles. The first-order valence-corrected chi connectivity index (χ1v) is 5.61. The Hall–Kier alpha value is -1.82. The minimum absolute atomic E-state index is 0.222. The first-order valence-electron chi connectivity index (χ1n) is 5.24. The lowest BCUT2D eigenvalue weighted by atomic mass is 10.2. The van der Waals surface area contributed by atoms with Gasteiger partial charge < -0.3 is 0 Å². The number of hydrogen-bond donors (Lipinski definition) is 0. The van der Waals surface area contributed by atoms with Crippen LogP contribution in [0.4, 0.5) is 13.2 Å². The second kappa shape index (κ2) is 5.05. The summed E-state index contributed by atoms with van der Waals surface area (Å²) < 4.78 is 39.5. The number of halogens is 4. The molecule has 0 unspecified atom stereocenters. The van der Waals surface area contributed by atoms with E-state index in [0.717, 1.165) is 10.7 Å². The quantitative estimate of drug-likeness (QED) is 0.807. The van der Waals surface area contributed by atoms with Gasteiger partial charge in [0, 0.05) is 0 Å². The summed E-state index contributed by atoms with van der Waals surface area (Å²) in [6.45, 7) is 1.58. The highest BCUT2D eigenvalue weighted by Crippen LogP contribution is 2.29. The number of aromatic nitrogens is 2. The van der Waals surface area contributed by atoms with Crippen LogP contribution < -0.4 is 0 Å². The highest BCUT2D eigenvalue weighted by atomic mass is 35.5. The Morgan fingerprint density at radius 1 is 1.42 bits per heavy atom. The van der Waals surface area contributed by atoms with E-state index in [1.54, 1.807) is 6.92 Å². The largest absolute Gasteiger partial charge is 0.298 e. The standard InChI is InChI=1S/C12H8ClF3N2O/c1-6-4-7(14)2-3-9(6)18-11(13)8(5-19)10(17-18)12(15)16/h2-5,12H,1H3. The zero-order chi connectivity index (χ0) is 14.2. The van der Waals surface area contributed by atoms with Gasteiger partial charge in [0.15, 0.2) is 6.29 Å². The maximum absolute atomic E-state index is 13.0. The fourth-order valence-corrected chi connectivity index (χ4v) is 1.98. The van der Waals surface area contributed by atoms with Crippen LogP contribution in [0.3, 0.4) is 0 Å². The number of aryl methyl sites for hydroxylation is 1. The third-order valence-corrected chi connectivity index (χ3v) is 2.97. The van der Waals surface area contributed by atoms with E-state index in [1.807, 2.05) is 0 Å². The average molecular weight is 289 g/mol. The number of carbonyl (C=O) groups excluding carboxylic acids is 1. The zero-order valence-electron chi connectivity index (χ0n) is 9.70. The highest BCUT2D eigenvalue weighted by molar-refractivity contribution is 6.32. The van der Waals surface area contributed by atoms with Gasteiger partial charge in [-0.25, -0.2) is 17.9 Å². The molecular formula is C12H8ClF3N2O. The molecular weight excluding hydrogens is 281 g/mol. The molecule has 0 atom stereocenters. The number of hydrogen-bond acceptors (Lipinski definition) is 2. The lowest BCUT2D eigenvalue weighted by molar-refractivity contribution is 0.110. The molecule has 0 aliphatic heterocycles. The summed E-state index contributed by atoms with van der Waals surface area (Å²) in [5.74, 6) is -0.464. The monoisotopic (exact) mass is 288 g/mol. The van der Waals surface area contributed by atoms with Crippen LogP contribution in [0, 0.1) is 12.7 Å². The van der Waals surface area contributed by atoms with E-state index in [4.69, 9.17) is 11.6 Å². The van der Waals surface area contributed by atoms with Crippen LogP contribution in [0.1, 0.15) is 28.0 Å². The molecule has 2 aromatic rings. The van der Waals surface area contributed by atoms with Gasteiger partial charge in [-0.15, -0.1) is 0 Å². The molecule has 0 radical (unpaired) electrons. The zero-order valence-corrected chi connectivity index (χ0v) is 10.5. The van der Waals surface area contributed by atoms with Crippen LogP contribution >= 0.6 is 11.6 Å². The van der Waals surface area contributed by atoms with Crippen molar-refractivity contribution in [2.45, 2.75) is 13.3 Å². The molecule has 0 saturated heterocycles. The molecule has 0 aliphatic carbocycles. The predicted octanol–water partition coefficient (Wildman–Crippen LogP) is 3.72. The molecule has 0 amide bonds. The van der Waals surface area contributed by atoms with Crippen LogP contribution in [-0.4, -0.2) is 16.1 Å². The SMILES string of the molecule is Cc1cc(F)ccc1-n1nc(C(F)F)c(C=O)c1Cl. The van der Waals surface area contributed by atoms with Gasteiger partial charge in [0.1, 0.15) is 16.7 Å². The molecule has 0 spiro atoms. The van der Waals surface area contributed by atoms with Crippen molar-refractivity contribution in [3.05, 3.63) is 46.0 Å². The Morgan fingerprint density at radius 3 is 2.58 bits per heavy atom. The summed E-state index contributed by atoms with van der Waals surface area (Å²) in [6, 6.07) is 3.73. The number of rotatable bonds is 3. The van der Waals surface area contributed by atoms with Crippen molar-refractivity contribution < 1.29 is 18.0 Å². The van der Waals surface area contributed by atoms with Gasteiger partial charge in [0.25, 0.3) is 6.43 Å². The van der Waals surface area contributed by atoms with Crippen molar-refractivity contribution in [3.8, 4) is 5.69 Å². The first kappa shape index (κ1) is 13.6.